The minimum Gasteiger partial charge on any atom is -0.390 e. The third-order valence-corrected chi connectivity index (χ3v) is 4.54. The zero-order valence-corrected chi connectivity index (χ0v) is 13.6. The number of aromatic nitrogens is 4. The first-order valence-electron chi connectivity index (χ1n) is 8.00. The molecule has 1 unspecified atom stereocenters. The molecule has 1 aliphatic rings. The van der Waals surface area contributed by atoms with E-state index >= 15 is 0 Å². The summed E-state index contributed by atoms with van der Waals surface area (Å²) in [5.74, 6) is 0. The van der Waals surface area contributed by atoms with Crippen molar-refractivity contribution in [3.8, 4) is 0 Å². The molecule has 1 N–H and O–H groups in total. The quantitative estimate of drug-likeness (QED) is 0.803. The van der Waals surface area contributed by atoms with Gasteiger partial charge in [-0.05, 0) is 25.9 Å². The topological polar surface area (TPSA) is 85.3 Å². The number of nitrogens with zero attached hydrogens (tertiary/aromatic N) is 5. The number of hydrogen-bond donors (Lipinski definition) is 1. The number of β-amino-alcohol motifs (C(OH)–C–C–N with tert-alkyl or cyclic N) is 1. The second-order valence-electron chi connectivity index (χ2n) is 6.29. The molecule has 0 bridgehead atoms. The Morgan fingerprint density at radius 2 is 1.83 bits per heavy atom. The minimum atomic E-state index is -0.576. The zero-order valence-electron chi connectivity index (χ0n) is 13.6. The Labute approximate surface area is 133 Å². The van der Waals surface area contributed by atoms with Crippen LogP contribution in [0.5, 0.6) is 0 Å². The van der Waals surface area contributed by atoms with Crippen LogP contribution < -0.4 is 11.2 Å². The maximum absolute atomic E-state index is 12.4. The molecule has 2 aromatic rings. The van der Waals surface area contributed by atoms with E-state index in [0.717, 1.165) is 17.7 Å². The highest BCUT2D eigenvalue weighted by molar-refractivity contribution is 5.69. The first-order chi connectivity index (χ1) is 11.0. The summed E-state index contributed by atoms with van der Waals surface area (Å²) in [6.07, 6.45) is 4.54. The Hall–Kier alpha value is -1.93. The van der Waals surface area contributed by atoms with Crippen LogP contribution >= 0.6 is 0 Å². The van der Waals surface area contributed by atoms with Crippen molar-refractivity contribution in [1.29, 1.82) is 0 Å². The molecule has 0 aliphatic carbocycles. The number of rotatable bonds is 4. The highest BCUT2D eigenvalue weighted by Crippen LogP contribution is 2.11. The molecule has 126 valence electrons. The molecule has 0 amide bonds. The molecule has 3 rings (SSSR count). The summed E-state index contributed by atoms with van der Waals surface area (Å²) in [4.78, 5) is 30.7. The van der Waals surface area contributed by atoms with E-state index < -0.39 is 11.8 Å². The van der Waals surface area contributed by atoms with Gasteiger partial charge in [0, 0.05) is 20.6 Å². The van der Waals surface area contributed by atoms with E-state index in [1.54, 1.807) is 11.6 Å². The molecule has 0 saturated carbocycles. The van der Waals surface area contributed by atoms with Crippen LogP contribution in [0, 0.1) is 0 Å². The van der Waals surface area contributed by atoms with Gasteiger partial charge in [-0.25, -0.2) is 9.78 Å². The van der Waals surface area contributed by atoms with Crippen molar-refractivity contribution in [2.24, 2.45) is 14.1 Å². The maximum Gasteiger partial charge on any atom is 0.332 e. The first kappa shape index (κ1) is 15.9. The van der Waals surface area contributed by atoms with Crippen LogP contribution in [0.2, 0.25) is 0 Å². The third-order valence-electron chi connectivity index (χ3n) is 4.54. The highest BCUT2D eigenvalue weighted by Gasteiger charge is 2.18. The SMILES string of the molecule is Cn1c(=O)c2c(ncn2CC(O)CN2CCCCC2)n(C)c1=O. The zero-order chi connectivity index (χ0) is 16.6. The lowest BCUT2D eigenvalue weighted by Crippen LogP contribution is -2.39. The van der Waals surface area contributed by atoms with E-state index in [4.69, 9.17) is 0 Å². The normalized spacial score (nSPS) is 17.7. The number of hydrogen-bond acceptors (Lipinski definition) is 5. The Morgan fingerprint density at radius 1 is 1.13 bits per heavy atom. The smallest absolute Gasteiger partial charge is 0.332 e. The van der Waals surface area contributed by atoms with Gasteiger partial charge in [-0.2, -0.15) is 0 Å². The van der Waals surface area contributed by atoms with Gasteiger partial charge in [0.05, 0.1) is 19.0 Å². The Kier molecular flexibility index (Phi) is 4.36. The number of likely N-dealkylation sites (tertiary alicyclic amines) is 1. The number of aliphatic hydroxyl groups excluding tert-OH is 1. The van der Waals surface area contributed by atoms with E-state index in [9.17, 15) is 14.7 Å². The lowest BCUT2D eigenvalue weighted by molar-refractivity contribution is 0.0891. The highest BCUT2D eigenvalue weighted by atomic mass is 16.3. The van der Waals surface area contributed by atoms with Gasteiger partial charge in [0.25, 0.3) is 5.56 Å². The number of piperidine rings is 1. The summed E-state index contributed by atoms with van der Waals surface area (Å²) in [6.45, 7) is 2.90. The summed E-state index contributed by atoms with van der Waals surface area (Å²) in [6, 6.07) is 0. The Bertz CT molecular complexity index is 813. The predicted molar refractivity (Wildman–Crippen MR) is 86.5 cm³/mol. The van der Waals surface area contributed by atoms with Crippen molar-refractivity contribution < 1.29 is 5.11 Å². The molecule has 23 heavy (non-hydrogen) atoms. The monoisotopic (exact) mass is 321 g/mol. The summed E-state index contributed by atoms with van der Waals surface area (Å²) >= 11 is 0. The molecular formula is C15H23N5O3. The first-order valence-corrected chi connectivity index (χ1v) is 8.00. The largest absolute Gasteiger partial charge is 0.390 e. The van der Waals surface area contributed by atoms with E-state index in [-0.39, 0.29) is 5.56 Å². The van der Waals surface area contributed by atoms with Gasteiger partial charge in [-0.15, -0.1) is 0 Å². The standard InChI is InChI=1S/C15H23N5O3/c1-17-13-12(14(22)18(2)15(17)23)20(10-16-13)9-11(21)8-19-6-4-3-5-7-19/h10-11,21H,3-9H2,1-2H3. The summed E-state index contributed by atoms with van der Waals surface area (Å²) in [5.41, 5.74) is -0.0806. The Balaban J connectivity index is 1.86. The van der Waals surface area contributed by atoms with Crippen LogP contribution in [-0.4, -0.2) is 54.4 Å². The average Bonchev–Trinajstić information content (AvgIpc) is 2.95. The van der Waals surface area contributed by atoms with Crippen LogP contribution in [0.25, 0.3) is 11.2 Å². The van der Waals surface area contributed by atoms with Crippen molar-refractivity contribution in [1.82, 2.24) is 23.6 Å². The fourth-order valence-electron chi connectivity index (χ4n) is 3.26. The van der Waals surface area contributed by atoms with Gasteiger partial charge in [-0.1, -0.05) is 6.42 Å². The third kappa shape index (κ3) is 2.96. The number of imidazole rings is 1. The van der Waals surface area contributed by atoms with Gasteiger partial charge < -0.3 is 14.6 Å². The lowest BCUT2D eigenvalue weighted by atomic mass is 10.1. The van der Waals surface area contributed by atoms with Gasteiger partial charge in [-0.3, -0.25) is 13.9 Å². The molecule has 8 heteroatoms. The molecule has 8 nitrogen and oxygen atoms in total. The van der Waals surface area contributed by atoms with Crippen molar-refractivity contribution in [3.63, 3.8) is 0 Å². The number of aryl methyl sites for hydroxylation is 1. The van der Waals surface area contributed by atoms with Crippen molar-refractivity contribution >= 4 is 11.2 Å². The predicted octanol–water partition coefficient (Wildman–Crippen LogP) is -0.719. The van der Waals surface area contributed by atoms with E-state index in [1.165, 1.54) is 37.2 Å². The van der Waals surface area contributed by atoms with Gasteiger partial charge in [0.15, 0.2) is 11.2 Å². The van der Waals surface area contributed by atoms with Crippen LogP contribution in [0.15, 0.2) is 15.9 Å². The molecular weight excluding hydrogens is 298 g/mol. The second kappa shape index (κ2) is 6.29. The molecule has 0 aromatic carbocycles. The van der Waals surface area contributed by atoms with Crippen molar-refractivity contribution in [2.75, 3.05) is 19.6 Å². The molecule has 1 aliphatic heterocycles. The van der Waals surface area contributed by atoms with E-state index in [2.05, 4.69) is 9.88 Å². The molecule has 2 aromatic heterocycles. The average molecular weight is 321 g/mol. The Morgan fingerprint density at radius 3 is 2.52 bits per heavy atom. The van der Waals surface area contributed by atoms with Crippen LogP contribution in [-0.2, 0) is 20.6 Å². The van der Waals surface area contributed by atoms with Gasteiger partial charge in [0.1, 0.15) is 0 Å². The van der Waals surface area contributed by atoms with E-state index in [0.29, 0.717) is 24.3 Å². The molecule has 1 atom stereocenters. The molecule has 0 spiro atoms. The fourth-order valence-corrected chi connectivity index (χ4v) is 3.26. The summed E-state index contributed by atoms with van der Waals surface area (Å²) in [5, 5.41) is 10.3. The van der Waals surface area contributed by atoms with Gasteiger partial charge >= 0.3 is 5.69 Å². The fraction of sp³-hybridized carbons (Fsp3) is 0.667. The van der Waals surface area contributed by atoms with Crippen molar-refractivity contribution in [2.45, 2.75) is 31.9 Å². The minimum absolute atomic E-state index is 0.292. The van der Waals surface area contributed by atoms with Crippen LogP contribution in [0.4, 0.5) is 0 Å². The molecule has 1 fully saturated rings. The molecule has 3 heterocycles. The molecule has 1 saturated heterocycles. The van der Waals surface area contributed by atoms with Gasteiger partial charge in [0.2, 0.25) is 0 Å². The second-order valence-corrected chi connectivity index (χ2v) is 6.29. The lowest BCUT2D eigenvalue weighted by Gasteiger charge is -2.28. The van der Waals surface area contributed by atoms with Crippen molar-refractivity contribution in [3.05, 3.63) is 27.2 Å². The van der Waals surface area contributed by atoms with Crippen LogP contribution in [0.3, 0.4) is 0 Å². The number of fused-ring (bicyclic) bond motifs is 1. The van der Waals surface area contributed by atoms with E-state index in [1.807, 2.05) is 0 Å². The number of aliphatic hydroxyl groups is 1. The maximum atomic E-state index is 12.4. The summed E-state index contributed by atoms with van der Waals surface area (Å²) < 4.78 is 4.06. The summed E-state index contributed by atoms with van der Waals surface area (Å²) in [7, 11) is 3.04. The van der Waals surface area contributed by atoms with Crippen LogP contribution in [0.1, 0.15) is 19.3 Å². The molecule has 0 radical (unpaired) electrons.